The molecule has 0 aliphatic heterocycles. The summed E-state index contributed by atoms with van der Waals surface area (Å²) in [5.74, 6) is 0.730. The van der Waals surface area contributed by atoms with Gasteiger partial charge in [-0.15, -0.1) is 15.3 Å². The fourth-order valence-electron chi connectivity index (χ4n) is 2.58. The molecule has 0 spiro atoms. The average molecular weight is 415 g/mol. The van der Waals surface area contributed by atoms with E-state index in [1.165, 1.54) is 17.6 Å². The number of aromatic hydroxyl groups is 1. The summed E-state index contributed by atoms with van der Waals surface area (Å²) in [6.45, 7) is 0. The molecule has 0 saturated carbocycles. The topological polar surface area (TPSA) is 92.3 Å². The minimum absolute atomic E-state index is 0.00805. The number of para-hydroxylation sites is 1. The zero-order valence-electron chi connectivity index (χ0n) is 16.0. The number of phenolic OH excluding ortho intramolecular Hbond substituents is 1. The summed E-state index contributed by atoms with van der Waals surface area (Å²) in [6, 6.07) is 22.1. The second kappa shape index (κ2) is 9.06. The van der Waals surface area contributed by atoms with Gasteiger partial charge in [-0.05, 0) is 36.4 Å². The fraction of sp³-hybridized carbons (Fsp3) is 0.0455. The molecule has 0 amide bonds. The number of aliphatic imine (C=N–C) groups is 1. The van der Waals surface area contributed by atoms with E-state index in [1.807, 2.05) is 30.3 Å². The number of aromatic nitrogens is 2. The second-order valence-corrected chi connectivity index (χ2v) is 7.08. The molecule has 0 fully saturated rings. The minimum Gasteiger partial charge on any atom is -0.505 e. The standard InChI is InChI=1S/C22H17N5O2S/c1-29-18-12-10-17(11-13-18)24-25-19-9-5-8-16(20(19)28)14-23-22-27-26-21(30-22)15-6-3-2-4-7-15/h2-14,28H,1H3/b23-14+,25-24?. The molecule has 1 N–H and O–H groups in total. The van der Waals surface area contributed by atoms with Crippen molar-refractivity contribution in [3.05, 3.63) is 78.4 Å². The van der Waals surface area contributed by atoms with Crippen LogP contribution in [0.3, 0.4) is 0 Å². The van der Waals surface area contributed by atoms with Crippen LogP contribution in [0.15, 0.2) is 88.0 Å². The van der Waals surface area contributed by atoms with Gasteiger partial charge in [-0.25, -0.2) is 4.99 Å². The highest BCUT2D eigenvalue weighted by Crippen LogP contribution is 2.32. The number of hydrogen-bond donors (Lipinski definition) is 1. The van der Waals surface area contributed by atoms with Crippen molar-refractivity contribution < 1.29 is 9.84 Å². The van der Waals surface area contributed by atoms with Gasteiger partial charge in [0.05, 0.1) is 12.8 Å². The van der Waals surface area contributed by atoms with E-state index in [0.29, 0.717) is 22.1 Å². The van der Waals surface area contributed by atoms with Crippen molar-refractivity contribution in [3.8, 4) is 22.1 Å². The van der Waals surface area contributed by atoms with Gasteiger partial charge in [0.1, 0.15) is 16.4 Å². The van der Waals surface area contributed by atoms with Crippen molar-refractivity contribution in [2.24, 2.45) is 15.2 Å². The van der Waals surface area contributed by atoms with Gasteiger partial charge in [-0.2, -0.15) is 5.11 Å². The smallest absolute Gasteiger partial charge is 0.231 e. The Bertz CT molecular complexity index is 1190. The van der Waals surface area contributed by atoms with E-state index in [-0.39, 0.29) is 5.75 Å². The Hall–Kier alpha value is -3.91. The summed E-state index contributed by atoms with van der Waals surface area (Å²) in [5.41, 5.74) is 2.49. The van der Waals surface area contributed by atoms with Crippen molar-refractivity contribution in [1.29, 1.82) is 0 Å². The van der Waals surface area contributed by atoms with Crippen molar-refractivity contribution in [2.75, 3.05) is 7.11 Å². The Labute approximate surface area is 177 Å². The number of methoxy groups -OCH3 is 1. The van der Waals surface area contributed by atoms with Crippen LogP contribution < -0.4 is 4.74 Å². The van der Waals surface area contributed by atoms with Gasteiger partial charge < -0.3 is 9.84 Å². The first kappa shape index (κ1) is 19.4. The third-order valence-electron chi connectivity index (χ3n) is 4.14. The van der Waals surface area contributed by atoms with Crippen LogP contribution >= 0.6 is 11.3 Å². The molecule has 1 heterocycles. The lowest BCUT2D eigenvalue weighted by Crippen LogP contribution is -1.82. The van der Waals surface area contributed by atoms with Crippen LogP contribution in [0.1, 0.15) is 5.56 Å². The van der Waals surface area contributed by atoms with Gasteiger partial charge in [-0.1, -0.05) is 47.7 Å². The summed E-state index contributed by atoms with van der Waals surface area (Å²) >= 11 is 1.37. The van der Waals surface area contributed by atoms with Crippen LogP contribution in [0.5, 0.6) is 11.5 Å². The van der Waals surface area contributed by atoms with Crippen LogP contribution in [0.2, 0.25) is 0 Å². The maximum atomic E-state index is 10.5. The zero-order chi connectivity index (χ0) is 20.8. The van der Waals surface area contributed by atoms with Gasteiger partial charge >= 0.3 is 0 Å². The lowest BCUT2D eigenvalue weighted by atomic mass is 10.2. The molecule has 0 atom stereocenters. The highest BCUT2D eigenvalue weighted by atomic mass is 32.1. The summed E-state index contributed by atoms with van der Waals surface area (Å²) in [5, 5.41) is 28.3. The van der Waals surface area contributed by atoms with Crippen molar-refractivity contribution >= 4 is 34.1 Å². The molecular formula is C22H17N5O2S. The number of hydrogen-bond acceptors (Lipinski definition) is 8. The average Bonchev–Trinajstić information content (AvgIpc) is 3.28. The summed E-state index contributed by atoms with van der Waals surface area (Å²) in [4.78, 5) is 4.34. The van der Waals surface area contributed by atoms with E-state index in [1.54, 1.807) is 49.6 Å². The van der Waals surface area contributed by atoms with Gasteiger partial charge in [0.25, 0.3) is 0 Å². The van der Waals surface area contributed by atoms with Crippen LogP contribution in [-0.4, -0.2) is 28.6 Å². The molecular weight excluding hydrogens is 398 g/mol. The summed E-state index contributed by atoms with van der Waals surface area (Å²) in [7, 11) is 1.60. The largest absolute Gasteiger partial charge is 0.505 e. The molecule has 148 valence electrons. The maximum absolute atomic E-state index is 10.5. The van der Waals surface area contributed by atoms with Gasteiger partial charge in [0.15, 0.2) is 5.75 Å². The summed E-state index contributed by atoms with van der Waals surface area (Å²) < 4.78 is 5.12. The monoisotopic (exact) mass is 415 g/mol. The van der Waals surface area contributed by atoms with E-state index in [4.69, 9.17) is 4.74 Å². The lowest BCUT2D eigenvalue weighted by molar-refractivity contribution is 0.415. The number of azo groups is 1. The predicted molar refractivity (Wildman–Crippen MR) is 118 cm³/mol. The Kier molecular flexibility index (Phi) is 5.86. The quantitative estimate of drug-likeness (QED) is 0.305. The maximum Gasteiger partial charge on any atom is 0.231 e. The van der Waals surface area contributed by atoms with Crippen LogP contribution in [-0.2, 0) is 0 Å². The second-order valence-electron chi connectivity index (χ2n) is 6.13. The van der Waals surface area contributed by atoms with E-state index < -0.39 is 0 Å². The van der Waals surface area contributed by atoms with Gasteiger partial charge in [0, 0.05) is 17.3 Å². The number of nitrogens with zero attached hydrogens (tertiary/aromatic N) is 5. The first-order valence-corrected chi connectivity index (χ1v) is 9.85. The molecule has 0 radical (unpaired) electrons. The van der Waals surface area contributed by atoms with E-state index in [9.17, 15) is 5.11 Å². The molecule has 3 aromatic carbocycles. The molecule has 1 aromatic heterocycles. The van der Waals surface area contributed by atoms with Gasteiger partial charge in [0.2, 0.25) is 5.13 Å². The van der Waals surface area contributed by atoms with Crippen LogP contribution in [0.25, 0.3) is 10.6 Å². The van der Waals surface area contributed by atoms with E-state index in [0.717, 1.165) is 16.3 Å². The molecule has 0 aliphatic rings. The van der Waals surface area contributed by atoms with Gasteiger partial charge in [-0.3, -0.25) is 0 Å². The number of phenols is 1. The van der Waals surface area contributed by atoms with E-state index in [2.05, 4.69) is 25.4 Å². The SMILES string of the molecule is COc1ccc(N=Nc2cccc(/C=N/c3nnc(-c4ccccc4)s3)c2O)cc1. The molecule has 0 bridgehead atoms. The molecule has 0 aliphatic carbocycles. The molecule has 7 nitrogen and oxygen atoms in total. The number of rotatable bonds is 6. The first-order valence-electron chi connectivity index (χ1n) is 9.04. The molecule has 4 aromatic rings. The Balaban J connectivity index is 1.51. The first-order chi connectivity index (χ1) is 14.7. The predicted octanol–water partition coefficient (Wildman–Crippen LogP) is 6.09. The highest BCUT2D eigenvalue weighted by Gasteiger charge is 2.07. The third-order valence-corrected chi connectivity index (χ3v) is 5.02. The number of benzene rings is 3. The van der Waals surface area contributed by atoms with Crippen LogP contribution in [0, 0.1) is 0 Å². The lowest BCUT2D eigenvalue weighted by Gasteiger charge is -2.02. The Morgan fingerprint density at radius 3 is 2.47 bits per heavy atom. The van der Waals surface area contributed by atoms with Crippen molar-refractivity contribution in [3.63, 3.8) is 0 Å². The Morgan fingerprint density at radius 2 is 1.70 bits per heavy atom. The minimum atomic E-state index is -0.00805. The fourth-order valence-corrected chi connectivity index (χ4v) is 3.28. The highest BCUT2D eigenvalue weighted by molar-refractivity contribution is 7.18. The van der Waals surface area contributed by atoms with Crippen molar-refractivity contribution in [2.45, 2.75) is 0 Å². The summed E-state index contributed by atoms with van der Waals surface area (Å²) in [6.07, 6.45) is 1.54. The Morgan fingerprint density at radius 1 is 0.900 bits per heavy atom. The zero-order valence-corrected chi connectivity index (χ0v) is 16.8. The normalized spacial score (nSPS) is 11.4. The molecule has 0 saturated heterocycles. The third kappa shape index (κ3) is 4.56. The number of ether oxygens (including phenoxy) is 1. The molecule has 8 heteroatoms. The molecule has 30 heavy (non-hydrogen) atoms. The van der Waals surface area contributed by atoms with Crippen LogP contribution in [0.4, 0.5) is 16.5 Å². The van der Waals surface area contributed by atoms with E-state index >= 15 is 0 Å². The van der Waals surface area contributed by atoms with Crippen molar-refractivity contribution in [1.82, 2.24) is 10.2 Å². The molecule has 0 unspecified atom stereocenters. The molecule has 4 rings (SSSR count).